The van der Waals surface area contributed by atoms with E-state index < -0.39 is 0 Å². The number of amidine groups is 1. The maximum Gasteiger partial charge on any atom is 0.161 e. The molecule has 5 aromatic carbocycles. The molecule has 6 aromatic rings. The fourth-order valence-electron chi connectivity index (χ4n) is 7.10. The summed E-state index contributed by atoms with van der Waals surface area (Å²) in [6.45, 7) is 11.2. The molecule has 1 heterocycles. The van der Waals surface area contributed by atoms with E-state index in [1.54, 1.807) is 0 Å². The van der Waals surface area contributed by atoms with Crippen LogP contribution in [0.25, 0.3) is 38.6 Å². The Kier molecular flexibility index (Phi) is 7.33. The summed E-state index contributed by atoms with van der Waals surface area (Å²) in [6, 6.07) is 43.2. The third-order valence-electron chi connectivity index (χ3n) is 9.73. The van der Waals surface area contributed by atoms with Crippen LogP contribution < -0.4 is 0 Å². The van der Waals surface area contributed by atoms with E-state index in [1.165, 1.54) is 44.1 Å². The lowest BCUT2D eigenvalue weighted by molar-refractivity contribution is 0.567. The third kappa shape index (κ3) is 4.66. The Balaban J connectivity index is 1.54. The van der Waals surface area contributed by atoms with E-state index in [0.717, 1.165) is 41.0 Å². The standard InChI is InChI=1S/C42H39N3/c1-6-28(3)39(30-18-10-8-11-19-30)44-41(31-20-12-9-13-21-31)43-29(4)45-37-25-17-15-23-33(37)35-27-26-34-32-22-14-16-24-36(32)42(5,7-2)38(34)40(35)45/h8-27H,6-7H2,1-5H3/b39-28+,43-29?,44-41?. The zero-order valence-electron chi connectivity index (χ0n) is 26.8. The lowest BCUT2D eigenvalue weighted by atomic mass is 9.77. The van der Waals surface area contributed by atoms with E-state index in [1.807, 2.05) is 6.07 Å². The molecule has 0 spiro atoms. The Bertz CT molecular complexity index is 2150. The van der Waals surface area contributed by atoms with Gasteiger partial charge < -0.3 is 0 Å². The number of nitrogens with zero attached hydrogens (tertiary/aromatic N) is 3. The predicted octanol–water partition coefficient (Wildman–Crippen LogP) is 11.0. The van der Waals surface area contributed by atoms with Gasteiger partial charge in [0.1, 0.15) is 5.84 Å². The van der Waals surface area contributed by atoms with Gasteiger partial charge in [-0.15, -0.1) is 0 Å². The fourth-order valence-corrected chi connectivity index (χ4v) is 7.10. The minimum Gasteiger partial charge on any atom is -0.297 e. The SMILES string of the molecule is CC/C(C)=C(/N=C(N=C(C)n1c2ccccc2c2ccc3c(c21)C(C)(CC)c1ccccc1-3)c1ccccc1)c1ccccc1. The molecule has 1 aliphatic rings. The van der Waals surface area contributed by atoms with Crippen molar-refractivity contribution in [2.24, 2.45) is 9.98 Å². The van der Waals surface area contributed by atoms with Crippen molar-refractivity contribution in [2.45, 2.75) is 52.9 Å². The van der Waals surface area contributed by atoms with Crippen LogP contribution in [0.3, 0.4) is 0 Å². The molecule has 7 rings (SSSR count). The summed E-state index contributed by atoms with van der Waals surface area (Å²) in [5.74, 6) is 1.60. The molecule has 0 saturated heterocycles. The average molecular weight is 586 g/mol. The second-order valence-corrected chi connectivity index (χ2v) is 12.3. The van der Waals surface area contributed by atoms with Gasteiger partial charge >= 0.3 is 0 Å². The van der Waals surface area contributed by atoms with Gasteiger partial charge in [0.2, 0.25) is 0 Å². The van der Waals surface area contributed by atoms with E-state index in [-0.39, 0.29) is 5.41 Å². The number of fused-ring (bicyclic) bond motifs is 7. The van der Waals surface area contributed by atoms with Crippen LogP contribution >= 0.6 is 0 Å². The number of para-hydroxylation sites is 1. The van der Waals surface area contributed by atoms with Crippen molar-refractivity contribution >= 4 is 39.2 Å². The first-order chi connectivity index (χ1) is 22.0. The molecule has 0 aliphatic heterocycles. The summed E-state index contributed by atoms with van der Waals surface area (Å²) in [4.78, 5) is 10.8. The number of hydrogen-bond acceptors (Lipinski definition) is 1. The number of aromatic nitrogens is 1. The zero-order valence-corrected chi connectivity index (χ0v) is 26.8. The van der Waals surface area contributed by atoms with Crippen molar-refractivity contribution in [2.75, 3.05) is 0 Å². The van der Waals surface area contributed by atoms with Gasteiger partial charge in [-0.25, -0.2) is 9.98 Å². The second kappa shape index (κ2) is 11.5. The van der Waals surface area contributed by atoms with Gasteiger partial charge in [-0.1, -0.05) is 136 Å². The molecule has 0 bridgehead atoms. The first-order valence-electron chi connectivity index (χ1n) is 16.1. The van der Waals surface area contributed by atoms with Crippen LogP contribution in [0.4, 0.5) is 0 Å². The molecular weight excluding hydrogens is 546 g/mol. The van der Waals surface area contributed by atoms with Crippen molar-refractivity contribution in [3.63, 3.8) is 0 Å². The maximum atomic E-state index is 5.42. The van der Waals surface area contributed by atoms with Crippen molar-refractivity contribution in [3.8, 4) is 11.1 Å². The molecule has 0 fully saturated rings. The normalized spacial score (nSPS) is 17.0. The number of rotatable bonds is 5. The summed E-state index contributed by atoms with van der Waals surface area (Å²) < 4.78 is 2.39. The predicted molar refractivity (Wildman–Crippen MR) is 192 cm³/mol. The highest BCUT2D eigenvalue weighted by molar-refractivity contribution is 6.19. The first-order valence-corrected chi connectivity index (χ1v) is 16.1. The van der Waals surface area contributed by atoms with Crippen molar-refractivity contribution < 1.29 is 0 Å². The number of aliphatic imine (C=N–C) groups is 2. The van der Waals surface area contributed by atoms with Gasteiger partial charge in [-0.05, 0) is 60.6 Å². The minimum absolute atomic E-state index is 0.115. The van der Waals surface area contributed by atoms with E-state index in [9.17, 15) is 0 Å². The third-order valence-corrected chi connectivity index (χ3v) is 9.73. The summed E-state index contributed by atoms with van der Waals surface area (Å²) in [7, 11) is 0. The highest BCUT2D eigenvalue weighted by atomic mass is 15.1. The van der Waals surface area contributed by atoms with Gasteiger partial charge in [0, 0.05) is 27.3 Å². The fraction of sp³-hybridized carbons (Fsp3) is 0.190. The molecule has 1 atom stereocenters. The summed E-state index contributed by atoms with van der Waals surface area (Å²) >= 11 is 0. The lowest BCUT2D eigenvalue weighted by Gasteiger charge is -2.27. The van der Waals surface area contributed by atoms with E-state index in [2.05, 4.69) is 154 Å². The number of allylic oxidation sites excluding steroid dienone is 1. The Hall–Kier alpha value is -5.02. The van der Waals surface area contributed by atoms with Crippen LogP contribution in [0.1, 0.15) is 69.7 Å². The highest BCUT2D eigenvalue weighted by Crippen LogP contribution is 2.54. The zero-order chi connectivity index (χ0) is 31.1. The van der Waals surface area contributed by atoms with Crippen molar-refractivity contribution in [1.82, 2.24) is 4.57 Å². The molecule has 1 unspecified atom stereocenters. The van der Waals surface area contributed by atoms with Crippen LogP contribution in [0.5, 0.6) is 0 Å². The molecule has 0 saturated carbocycles. The maximum absolute atomic E-state index is 5.42. The molecule has 0 N–H and O–H groups in total. The Morgan fingerprint density at radius 3 is 2.00 bits per heavy atom. The second-order valence-electron chi connectivity index (χ2n) is 12.3. The molecule has 222 valence electrons. The van der Waals surface area contributed by atoms with Crippen molar-refractivity contribution in [3.05, 3.63) is 149 Å². The summed E-state index contributed by atoms with van der Waals surface area (Å²) in [5.41, 5.74) is 12.0. The molecule has 1 aromatic heterocycles. The van der Waals surface area contributed by atoms with E-state index >= 15 is 0 Å². The molecule has 3 nitrogen and oxygen atoms in total. The van der Waals surface area contributed by atoms with Gasteiger partial charge in [-0.2, -0.15) is 0 Å². The van der Waals surface area contributed by atoms with Gasteiger partial charge in [-0.3, -0.25) is 4.57 Å². The van der Waals surface area contributed by atoms with Crippen LogP contribution in [0.15, 0.2) is 137 Å². The minimum atomic E-state index is -0.115. The lowest BCUT2D eigenvalue weighted by Crippen LogP contribution is -2.21. The Morgan fingerprint density at radius 1 is 0.644 bits per heavy atom. The molecule has 0 amide bonds. The average Bonchev–Trinajstić information content (AvgIpc) is 3.57. The van der Waals surface area contributed by atoms with Gasteiger partial charge in [0.15, 0.2) is 5.84 Å². The van der Waals surface area contributed by atoms with Crippen molar-refractivity contribution in [1.29, 1.82) is 0 Å². The number of benzene rings is 5. The van der Waals surface area contributed by atoms with E-state index in [0.29, 0.717) is 5.84 Å². The monoisotopic (exact) mass is 585 g/mol. The molecule has 3 heteroatoms. The van der Waals surface area contributed by atoms with Crippen LogP contribution in [0, 0.1) is 0 Å². The van der Waals surface area contributed by atoms with Crippen LogP contribution in [-0.4, -0.2) is 16.2 Å². The molecule has 45 heavy (non-hydrogen) atoms. The highest BCUT2D eigenvalue weighted by Gasteiger charge is 2.40. The summed E-state index contributed by atoms with van der Waals surface area (Å²) in [5, 5.41) is 2.50. The number of hydrogen-bond donors (Lipinski definition) is 0. The van der Waals surface area contributed by atoms with Crippen LogP contribution in [0.2, 0.25) is 0 Å². The van der Waals surface area contributed by atoms with Gasteiger partial charge in [0.05, 0.1) is 16.7 Å². The topological polar surface area (TPSA) is 29.6 Å². The Labute approximate surface area is 266 Å². The quantitative estimate of drug-likeness (QED) is 0.142. The first kappa shape index (κ1) is 28.7. The summed E-state index contributed by atoms with van der Waals surface area (Å²) in [6.07, 6.45) is 1.92. The van der Waals surface area contributed by atoms with Crippen LogP contribution in [-0.2, 0) is 5.41 Å². The Morgan fingerprint density at radius 2 is 1.29 bits per heavy atom. The molecule has 0 radical (unpaired) electrons. The van der Waals surface area contributed by atoms with E-state index in [4.69, 9.17) is 9.98 Å². The molecule has 1 aliphatic carbocycles. The van der Waals surface area contributed by atoms with Gasteiger partial charge in [0.25, 0.3) is 0 Å². The largest absolute Gasteiger partial charge is 0.297 e. The molecular formula is C42H39N3. The smallest absolute Gasteiger partial charge is 0.161 e.